The van der Waals surface area contributed by atoms with Gasteiger partial charge in [-0.2, -0.15) is 0 Å². The predicted octanol–water partition coefficient (Wildman–Crippen LogP) is 2.53. The Morgan fingerprint density at radius 2 is 2.06 bits per heavy atom. The van der Waals surface area contributed by atoms with Gasteiger partial charge in [-0.05, 0) is 43.9 Å². The number of phenolic OH excluding ortho intramolecular Hbond substituents is 1. The molecule has 0 atom stereocenters. The minimum absolute atomic E-state index is 0.0111. The second kappa shape index (κ2) is 3.64. The molecule has 1 aliphatic heterocycles. The second-order valence-electron chi connectivity index (χ2n) is 5.21. The Morgan fingerprint density at radius 3 is 2.67 bits per heavy atom. The first-order chi connectivity index (χ1) is 8.59. The van der Waals surface area contributed by atoms with Crippen molar-refractivity contribution in [3.63, 3.8) is 0 Å². The van der Waals surface area contributed by atoms with Crippen molar-refractivity contribution in [3.8, 4) is 11.5 Å². The molecule has 0 bridgehead atoms. The van der Waals surface area contributed by atoms with E-state index in [-0.39, 0.29) is 11.2 Å². The van der Waals surface area contributed by atoms with E-state index in [1.165, 1.54) is 0 Å². The summed E-state index contributed by atoms with van der Waals surface area (Å²) in [4.78, 5) is 4.97. The fourth-order valence-corrected chi connectivity index (χ4v) is 2.57. The van der Waals surface area contributed by atoms with E-state index in [2.05, 4.69) is 5.16 Å². The first-order valence-electron chi connectivity index (χ1n) is 6.17. The quantitative estimate of drug-likeness (QED) is 0.776. The molecule has 18 heavy (non-hydrogen) atoms. The number of oxime groups is 1. The van der Waals surface area contributed by atoms with Crippen LogP contribution in [0, 0.1) is 19.3 Å². The molecule has 1 aliphatic carbocycles. The summed E-state index contributed by atoms with van der Waals surface area (Å²) >= 11 is 0. The summed E-state index contributed by atoms with van der Waals surface area (Å²) in [6, 6.07) is 1.74. The highest BCUT2D eigenvalue weighted by Crippen LogP contribution is 2.54. The number of ether oxygens (including phenoxy) is 1. The molecular formula is C14H17NO3. The summed E-state index contributed by atoms with van der Waals surface area (Å²) in [5.74, 6) is 1.12. The van der Waals surface area contributed by atoms with Crippen LogP contribution in [0.25, 0.3) is 0 Å². The topological polar surface area (TPSA) is 51.0 Å². The van der Waals surface area contributed by atoms with Crippen LogP contribution in [0.5, 0.6) is 11.5 Å². The molecule has 1 spiro atoms. The van der Waals surface area contributed by atoms with Gasteiger partial charge < -0.3 is 14.7 Å². The largest absolute Gasteiger partial charge is 0.508 e. The van der Waals surface area contributed by atoms with Crippen molar-refractivity contribution in [1.29, 1.82) is 0 Å². The molecule has 1 aromatic carbocycles. The first-order valence-corrected chi connectivity index (χ1v) is 6.17. The van der Waals surface area contributed by atoms with Gasteiger partial charge in [0.25, 0.3) is 0 Å². The number of hydrogen-bond acceptors (Lipinski definition) is 4. The van der Waals surface area contributed by atoms with E-state index in [1.807, 2.05) is 13.8 Å². The Labute approximate surface area is 106 Å². The molecule has 1 fully saturated rings. The van der Waals surface area contributed by atoms with E-state index >= 15 is 0 Å². The molecule has 1 saturated carbocycles. The highest BCUT2D eigenvalue weighted by atomic mass is 16.6. The van der Waals surface area contributed by atoms with Crippen molar-refractivity contribution in [2.24, 2.45) is 10.6 Å². The van der Waals surface area contributed by atoms with Gasteiger partial charge in [-0.3, -0.25) is 0 Å². The third kappa shape index (κ3) is 1.41. The molecule has 4 nitrogen and oxygen atoms in total. The van der Waals surface area contributed by atoms with Crippen molar-refractivity contribution in [3.05, 3.63) is 22.8 Å². The summed E-state index contributed by atoms with van der Waals surface area (Å²) < 4.78 is 5.90. The van der Waals surface area contributed by atoms with Crippen LogP contribution in [0.2, 0.25) is 0 Å². The van der Waals surface area contributed by atoms with E-state index in [4.69, 9.17) is 9.57 Å². The zero-order chi connectivity index (χ0) is 12.9. The number of benzene rings is 1. The van der Waals surface area contributed by atoms with Crippen molar-refractivity contribution in [2.45, 2.75) is 26.7 Å². The SMILES string of the molecule is CON=C1c2cc(O)c(C)c(C)c2OCC12CC2. The summed E-state index contributed by atoms with van der Waals surface area (Å²) in [5.41, 5.74) is 3.64. The van der Waals surface area contributed by atoms with Gasteiger partial charge in [0.05, 0.1) is 12.0 Å². The van der Waals surface area contributed by atoms with Gasteiger partial charge >= 0.3 is 0 Å². The van der Waals surface area contributed by atoms with Crippen LogP contribution in [0.1, 0.15) is 29.5 Å². The lowest BCUT2D eigenvalue weighted by Gasteiger charge is -2.28. The fraction of sp³-hybridized carbons (Fsp3) is 0.500. The van der Waals surface area contributed by atoms with Crippen LogP contribution < -0.4 is 4.74 Å². The lowest BCUT2D eigenvalue weighted by Crippen LogP contribution is -2.31. The van der Waals surface area contributed by atoms with Crippen LogP contribution in [0.4, 0.5) is 0 Å². The molecule has 0 saturated heterocycles. The molecule has 1 aromatic rings. The molecule has 1 heterocycles. The van der Waals surface area contributed by atoms with Crippen LogP contribution in [-0.2, 0) is 4.84 Å². The standard InChI is InChI=1S/C14H17NO3/c1-8-9(2)12-10(6-11(8)16)13(15-17-3)14(4-5-14)7-18-12/h6,16H,4-5,7H2,1-3H3. The van der Waals surface area contributed by atoms with E-state index < -0.39 is 0 Å². The molecule has 1 N–H and O–H groups in total. The van der Waals surface area contributed by atoms with Gasteiger partial charge in [0.1, 0.15) is 24.3 Å². The smallest absolute Gasteiger partial charge is 0.131 e. The summed E-state index contributed by atoms with van der Waals surface area (Å²) in [7, 11) is 1.55. The first kappa shape index (κ1) is 11.4. The van der Waals surface area contributed by atoms with Crippen LogP contribution >= 0.6 is 0 Å². The van der Waals surface area contributed by atoms with E-state index in [0.29, 0.717) is 6.61 Å². The molecule has 2 aliphatic rings. The van der Waals surface area contributed by atoms with Gasteiger partial charge in [0.15, 0.2) is 0 Å². The molecule has 0 amide bonds. The number of nitrogens with zero attached hydrogens (tertiary/aromatic N) is 1. The summed E-state index contributed by atoms with van der Waals surface area (Å²) in [6.45, 7) is 4.51. The molecule has 0 radical (unpaired) electrons. The zero-order valence-electron chi connectivity index (χ0n) is 10.9. The molecule has 3 rings (SSSR count). The minimum atomic E-state index is 0.0111. The Kier molecular flexibility index (Phi) is 2.30. The average Bonchev–Trinajstić information content (AvgIpc) is 3.11. The number of rotatable bonds is 1. The highest BCUT2D eigenvalue weighted by molar-refractivity contribution is 6.09. The monoisotopic (exact) mass is 247 g/mol. The van der Waals surface area contributed by atoms with Gasteiger partial charge in [-0.15, -0.1) is 0 Å². The van der Waals surface area contributed by atoms with Gasteiger partial charge in [0.2, 0.25) is 0 Å². The van der Waals surface area contributed by atoms with Gasteiger partial charge in [-0.25, -0.2) is 0 Å². The average molecular weight is 247 g/mol. The Bertz CT molecular complexity index is 544. The summed E-state index contributed by atoms with van der Waals surface area (Å²) in [6.07, 6.45) is 2.14. The Morgan fingerprint density at radius 1 is 1.33 bits per heavy atom. The molecule has 0 aromatic heterocycles. The maximum Gasteiger partial charge on any atom is 0.131 e. The lowest BCUT2D eigenvalue weighted by atomic mass is 9.88. The third-order valence-corrected chi connectivity index (χ3v) is 4.10. The summed E-state index contributed by atoms with van der Waals surface area (Å²) in [5, 5.41) is 14.2. The van der Waals surface area contributed by atoms with Crippen molar-refractivity contribution >= 4 is 5.71 Å². The number of fused-ring (bicyclic) bond motifs is 1. The maximum atomic E-state index is 9.98. The zero-order valence-corrected chi connectivity index (χ0v) is 10.9. The highest BCUT2D eigenvalue weighted by Gasteiger charge is 2.52. The van der Waals surface area contributed by atoms with E-state index in [0.717, 1.165) is 41.0 Å². The Hall–Kier alpha value is -1.71. The van der Waals surface area contributed by atoms with Crippen molar-refractivity contribution in [1.82, 2.24) is 0 Å². The van der Waals surface area contributed by atoms with Crippen molar-refractivity contribution in [2.75, 3.05) is 13.7 Å². The molecule has 0 unspecified atom stereocenters. The molecule has 96 valence electrons. The van der Waals surface area contributed by atoms with E-state index in [1.54, 1.807) is 13.2 Å². The second-order valence-corrected chi connectivity index (χ2v) is 5.21. The molecular weight excluding hydrogens is 230 g/mol. The van der Waals surface area contributed by atoms with Crippen LogP contribution in [-0.4, -0.2) is 24.5 Å². The van der Waals surface area contributed by atoms with Crippen molar-refractivity contribution < 1.29 is 14.7 Å². The van der Waals surface area contributed by atoms with Crippen LogP contribution in [0.3, 0.4) is 0 Å². The normalized spacial score (nSPS) is 21.6. The fourth-order valence-electron chi connectivity index (χ4n) is 2.57. The Balaban J connectivity index is 2.21. The maximum absolute atomic E-state index is 9.98. The number of aromatic hydroxyl groups is 1. The van der Waals surface area contributed by atoms with Gasteiger partial charge in [-0.1, -0.05) is 5.16 Å². The predicted molar refractivity (Wildman–Crippen MR) is 68.3 cm³/mol. The number of hydrogen-bond donors (Lipinski definition) is 1. The van der Waals surface area contributed by atoms with Crippen LogP contribution in [0.15, 0.2) is 11.2 Å². The number of phenols is 1. The molecule has 4 heteroatoms. The van der Waals surface area contributed by atoms with E-state index in [9.17, 15) is 5.11 Å². The minimum Gasteiger partial charge on any atom is -0.508 e. The lowest BCUT2D eigenvalue weighted by molar-refractivity contribution is 0.201. The third-order valence-electron chi connectivity index (χ3n) is 4.10. The van der Waals surface area contributed by atoms with Gasteiger partial charge in [0, 0.05) is 5.56 Å².